The number of esters is 2. The molecule has 2 N–H and O–H groups in total. The lowest BCUT2D eigenvalue weighted by molar-refractivity contribution is -0.153. The molecule has 0 aromatic heterocycles. The minimum absolute atomic E-state index is 0.0370. The summed E-state index contributed by atoms with van der Waals surface area (Å²) in [6.07, 6.45) is 1.77. The summed E-state index contributed by atoms with van der Waals surface area (Å²) in [5, 5.41) is 17.5. The van der Waals surface area contributed by atoms with Crippen LogP contribution < -0.4 is 0 Å². The van der Waals surface area contributed by atoms with Crippen LogP contribution >= 0.6 is 0 Å². The van der Waals surface area contributed by atoms with E-state index in [9.17, 15) is 9.59 Å². The Hall–Kier alpha value is -1.14. The van der Waals surface area contributed by atoms with Crippen LogP contribution in [0.3, 0.4) is 0 Å². The summed E-state index contributed by atoms with van der Waals surface area (Å²) in [4.78, 5) is 21.2. The molecule has 6 nitrogen and oxygen atoms in total. The van der Waals surface area contributed by atoms with Gasteiger partial charge in [-0.1, -0.05) is 0 Å². The zero-order valence-corrected chi connectivity index (χ0v) is 10.7. The fourth-order valence-electron chi connectivity index (χ4n) is 1.89. The minimum atomic E-state index is -0.269. The standard InChI is InChI=1S/2C6H10O3/c2*1-9-6(8)4-2-5(7)3-4/h2*4-5,7H,2-3H2,1H3. The summed E-state index contributed by atoms with van der Waals surface area (Å²) in [6, 6.07) is 0. The summed E-state index contributed by atoms with van der Waals surface area (Å²) in [5.41, 5.74) is 0. The lowest BCUT2D eigenvalue weighted by Crippen LogP contribution is -2.34. The van der Waals surface area contributed by atoms with Crippen molar-refractivity contribution in [3.05, 3.63) is 0 Å². The average Bonchev–Trinajstić information content (AvgIpc) is 2.30. The maximum atomic E-state index is 10.6. The van der Waals surface area contributed by atoms with Crippen LogP contribution in [-0.4, -0.2) is 48.6 Å². The van der Waals surface area contributed by atoms with Gasteiger partial charge in [0.2, 0.25) is 0 Å². The van der Waals surface area contributed by atoms with E-state index in [-0.39, 0.29) is 36.0 Å². The van der Waals surface area contributed by atoms with E-state index < -0.39 is 0 Å². The van der Waals surface area contributed by atoms with E-state index >= 15 is 0 Å². The van der Waals surface area contributed by atoms with E-state index in [1.165, 1.54) is 14.2 Å². The molecule has 0 unspecified atom stereocenters. The van der Waals surface area contributed by atoms with Gasteiger partial charge in [0.15, 0.2) is 0 Å². The maximum absolute atomic E-state index is 10.6. The molecule has 2 aliphatic rings. The average molecular weight is 260 g/mol. The van der Waals surface area contributed by atoms with Gasteiger partial charge in [-0.05, 0) is 25.7 Å². The van der Waals surface area contributed by atoms with Crippen LogP contribution in [0.4, 0.5) is 0 Å². The number of aliphatic hydroxyl groups is 2. The van der Waals surface area contributed by atoms with Gasteiger partial charge in [0, 0.05) is 0 Å². The Morgan fingerprint density at radius 3 is 1.28 bits per heavy atom. The van der Waals surface area contributed by atoms with Crippen molar-refractivity contribution in [3.8, 4) is 0 Å². The Bertz CT molecular complexity index is 261. The fourth-order valence-corrected chi connectivity index (χ4v) is 1.89. The molecule has 6 heteroatoms. The van der Waals surface area contributed by atoms with Crippen LogP contribution in [0.1, 0.15) is 25.7 Å². The summed E-state index contributed by atoms with van der Waals surface area (Å²) >= 11 is 0. The van der Waals surface area contributed by atoms with Crippen molar-refractivity contribution in [2.75, 3.05) is 14.2 Å². The Morgan fingerprint density at radius 2 is 1.11 bits per heavy atom. The molecule has 0 aliphatic heterocycles. The molecule has 0 heterocycles. The highest BCUT2D eigenvalue weighted by molar-refractivity contribution is 5.73. The first-order valence-electron chi connectivity index (χ1n) is 5.99. The monoisotopic (exact) mass is 260 g/mol. The second kappa shape index (κ2) is 6.70. The number of methoxy groups -OCH3 is 2. The molecule has 0 saturated heterocycles. The van der Waals surface area contributed by atoms with Crippen molar-refractivity contribution in [1.29, 1.82) is 0 Å². The van der Waals surface area contributed by atoms with Gasteiger partial charge >= 0.3 is 11.9 Å². The van der Waals surface area contributed by atoms with Gasteiger partial charge in [0.1, 0.15) is 0 Å². The van der Waals surface area contributed by atoms with Gasteiger partial charge in [-0.2, -0.15) is 0 Å². The zero-order valence-electron chi connectivity index (χ0n) is 10.7. The smallest absolute Gasteiger partial charge is 0.308 e. The molecule has 18 heavy (non-hydrogen) atoms. The molecule has 0 amide bonds. The van der Waals surface area contributed by atoms with Crippen molar-refractivity contribution < 1.29 is 29.3 Å². The molecule has 0 aromatic rings. The quantitative estimate of drug-likeness (QED) is 0.671. The van der Waals surface area contributed by atoms with Gasteiger partial charge in [-0.3, -0.25) is 9.59 Å². The first kappa shape index (κ1) is 14.9. The molecule has 0 spiro atoms. The Balaban J connectivity index is 0.000000180. The van der Waals surface area contributed by atoms with Gasteiger partial charge in [0.05, 0.1) is 38.3 Å². The molecule has 0 bridgehead atoms. The topological polar surface area (TPSA) is 93.1 Å². The summed E-state index contributed by atoms with van der Waals surface area (Å²) < 4.78 is 8.90. The molecule has 0 radical (unpaired) electrons. The van der Waals surface area contributed by atoms with E-state index in [0.29, 0.717) is 25.7 Å². The molecule has 2 fully saturated rings. The lowest BCUT2D eigenvalue weighted by Gasteiger charge is -2.28. The molecule has 104 valence electrons. The largest absolute Gasteiger partial charge is 0.469 e. The summed E-state index contributed by atoms with van der Waals surface area (Å²) in [7, 11) is 2.74. The van der Waals surface area contributed by atoms with Crippen molar-refractivity contribution in [1.82, 2.24) is 0 Å². The molecule has 0 aromatic carbocycles. The highest BCUT2D eigenvalue weighted by Gasteiger charge is 2.34. The third-order valence-electron chi connectivity index (χ3n) is 3.30. The van der Waals surface area contributed by atoms with Crippen LogP contribution in [0.15, 0.2) is 0 Å². The SMILES string of the molecule is COC(=O)C1CC(O)C1.COC(=O)C1CC(O)C1. The van der Waals surface area contributed by atoms with Crippen LogP contribution in [0.25, 0.3) is 0 Å². The van der Waals surface area contributed by atoms with Gasteiger partial charge in [0.25, 0.3) is 0 Å². The zero-order chi connectivity index (χ0) is 13.7. The number of aliphatic hydroxyl groups excluding tert-OH is 2. The summed E-state index contributed by atoms with van der Waals surface area (Å²) in [6.45, 7) is 0. The van der Waals surface area contributed by atoms with Crippen LogP contribution in [-0.2, 0) is 19.1 Å². The number of hydrogen-bond donors (Lipinski definition) is 2. The molecule has 0 atom stereocenters. The maximum Gasteiger partial charge on any atom is 0.308 e. The van der Waals surface area contributed by atoms with Crippen LogP contribution in [0.5, 0.6) is 0 Å². The van der Waals surface area contributed by atoms with Crippen molar-refractivity contribution in [2.45, 2.75) is 37.9 Å². The van der Waals surface area contributed by atoms with Crippen molar-refractivity contribution in [3.63, 3.8) is 0 Å². The lowest BCUT2D eigenvalue weighted by atomic mass is 9.83. The van der Waals surface area contributed by atoms with Crippen molar-refractivity contribution in [2.24, 2.45) is 11.8 Å². The Kier molecular flexibility index (Phi) is 5.55. The fraction of sp³-hybridized carbons (Fsp3) is 0.833. The van der Waals surface area contributed by atoms with E-state index in [0.717, 1.165) is 0 Å². The van der Waals surface area contributed by atoms with E-state index in [4.69, 9.17) is 10.2 Å². The predicted molar refractivity (Wildman–Crippen MR) is 61.5 cm³/mol. The van der Waals surface area contributed by atoms with Gasteiger partial charge < -0.3 is 19.7 Å². The minimum Gasteiger partial charge on any atom is -0.469 e. The number of hydrogen-bond acceptors (Lipinski definition) is 6. The molecule has 2 aliphatic carbocycles. The highest BCUT2D eigenvalue weighted by Crippen LogP contribution is 2.28. The number of rotatable bonds is 2. The molecule has 2 saturated carbocycles. The van der Waals surface area contributed by atoms with Crippen LogP contribution in [0, 0.1) is 11.8 Å². The Morgan fingerprint density at radius 1 is 0.833 bits per heavy atom. The second-order valence-electron chi connectivity index (χ2n) is 4.69. The molecule has 2 rings (SSSR count). The first-order chi connectivity index (χ1) is 8.47. The van der Waals surface area contributed by atoms with Crippen molar-refractivity contribution >= 4 is 11.9 Å². The predicted octanol–water partition coefficient (Wildman–Crippen LogP) is -0.139. The van der Waals surface area contributed by atoms with Gasteiger partial charge in [-0.15, -0.1) is 0 Å². The van der Waals surface area contributed by atoms with E-state index in [1.807, 2.05) is 0 Å². The summed E-state index contributed by atoms with van der Waals surface area (Å²) in [5.74, 6) is -0.462. The highest BCUT2D eigenvalue weighted by atomic mass is 16.5. The van der Waals surface area contributed by atoms with E-state index in [2.05, 4.69) is 9.47 Å². The number of carbonyl (C=O) groups excluding carboxylic acids is 2. The number of carbonyl (C=O) groups is 2. The first-order valence-corrected chi connectivity index (χ1v) is 5.99. The van der Waals surface area contributed by atoms with E-state index in [1.54, 1.807) is 0 Å². The second-order valence-corrected chi connectivity index (χ2v) is 4.69. The Labute approximate surface area is 106 Å². The van der Waals surface area contributed by atoms with Crippen LogP contribution in [0.2, 0.25) is 0 Å². The van der Waals surface area contributed by atoms with Gasteiger partial charge in [-0.25, -0.2) is 0 Å². The third-order valence-corrected chi connectivity index (χ3v) is 3.30. The number of ether oxygens (including phenoxy) is 2. The molecular formula is C12H20O6. The normalized spacial score (nSPS) is 33.1. The molecular weight excluding hydrogens is 240 g/mol. The third kappa shape index (κ3) is 3.96.